The van der Waals surface area contributed by atoms with Crippen LogP contribution >= 0.6 is 11.6 Å². The predicted octanol–water partition coefficient (Wildman–Crippen LogP) is 6.58. The normalized spacial score (nSPS) is 15.0. The van der Waals surface area contributed by atoms with Gasteiger partial charge in [0.05, 0.1) is 18.3 Å². The lowest BCUT2D eigenvalue weighted by Gasteiger charge is -2.31. The largest absolute Gasteiger partial charge is 0.322 e. The van der Waals surface area contributed by atoms with Crippen LogP contribution in [-0.4, -0.2) is 15.5 Å². The number of fused-ring (bicyclic) bond motifs is 3. The Labute approximate surface area is 186 Å². The van der Waals surface area contributed by atoms with Crippen LogP contribution in [0, 0.1) is 6.92 Å². The number of carbonyl (C=O) groups excluding carboxylic acids is 1. The molecule has 1 aromatic heterocycles. The van der Waals surface area contributed by atoms with Crippen molar-refractivity contribution in [3.8, 4) is 5.69 Å². The van der Waals surface area contributed by atoms with Crippen LogP contribution in [0.5, 0.6) is 0 Å². The second kappa shape index (κ2) is 7.97. The van der Waals surface area contributed by atoms with E-state index < -0.39 is 0 Å². The van der Waals surface area contributed by atoms with Gasteiger partial charge >= 0.3 is 6.03 Å². The van der Waals surface area contributed by atoms with Crippen LogP contribution in [0.15, 0.2) is 91.1 Å². The molecule has 1 aliphatic rings. The fraction of sp³-hybridized carbons (Fsp3) is 0.115. The topological polar surface area (TPSA) is 37.3 Å². The number of nitrogens with zero attached hydrogens (tertiary/aromatic N) is 2. The number of carbonyl (C=O) groups is 1. The Morgan fingerprint density at radius 1 is 0.968 bits per heavy atom. The molecule has 1 N–H and O–H groups in total. The van der Waals surface area contributed by atoms with Crippen molar-refractivity contribution in [2.75, 3.05) is 5.32 Å². The number of anilines is 1. The number of rotatable bonds is 2. The molecular weight excluding hydrogens is 406 g/mol. The Hall–Kier alpha value is -3.50. The number of benzene rings is 3. The molecule has 0 spiro atoms. The summed E-state index contributed by atoms with van der Waals surface area (Å²) in [6.07, 6.45) is 2.05. The molecule has 3 aromatic carbocycles. The Kier molecular flexibility index (Phi) is 5.00. The number of amides is 2. The van der Waals surface area contributed by atoms with Gasteiger partial charge in [-0.1, -0.05) is 59.6 Å². The number of aryl methyl sites for hydroxylation is 1. The van der Waals surface area contributed by atoms with Crippen LogP contribution < -0.4 is 5.32 Å². The minimum absolute atomic E-state index is 0.154. The smallest absolute Gasteiger partial charge is 0.318 e. The molecule has 4 aromatic rings. The van der Waals surface area contributed by atoms with Crippen LogP contribution in [-0.2, 0) is 6.54 Å². The third-order valence-electron chi connectivity index (χ3n) is 5.69. The molecule has 0 bridgehead atoms. The summed E-state index contributed by atoms with van der Waals surface area (Å²) in [4.78, 5) is 15.5. The minimum atomic E-state index is -0.286. The highest BCUT2D eigenvalue weighted by Crippen LogP contribution is 2.37. The van der Waals surface area contributed by atoms with Gasteiger partial charge in [-0.2, -0.15) is 0 Å². The highest BCUT2D eigenvalue weighted by molar-refractivity contribution is 6.30. The van der Waals surface area contributed by atoms with Gasteiger partial charge < -0.3 is 14.8 Å². The lowest BCUT2D eigenvalue weighted by Crippen LogP contribution is -2.37. The van der Waals surface area contributed by atoms with E-state index in [9.17, 15) is 4.79 Å². The van der Waals surface area contributed by atoms with Crippen molar-refractivity contribution in [1.82, 2.24) is 9.47 Å². The molecule has 5 rings (SSSR count). The van der Waals surface area contributed by atoms with Crippen molar-refractivity contribution in [3.05, 3.63) is 119 Å². The van der Waals surface area contributed by atoms with Gasteiger partial charge in [0.15, 0.2) is 0 Å². The van der Waals surface area contributed by atoms with Gasteiger partial charge in [0.25, 0.3) is 0 Å². The lowest BCUT2D eigenvalue weighted by atomic mass is 10.0. The van der Waals surface area contributed by atoms with E-state index in [0.29, 0.717) is 11.6 Å². The van der Waals surface area contributed by atoms with Gasteiger partial charge in [0.1, 0.15) is 0 Å². The number of para-hydroxylation sites is 1. The molecule has 0 aliphatic carbocycles. The van der Waals surface area contributed by atoms with E-state index in [1.807, 2.05) is 84.8 Å². The van der Waals surface area contributed by atoms with E-state index in [1.54, 1.807) is 0 Å². The molecule has 0 radical (unpaired) electrons. The maximum Gasteiger partial charge on any atom is 0.322 e. The summed E-state index contributed by atoms with van der Waals surface area (Å²) in [5.74, 6) is 0. The summed E-state index contributed by atoms with van der Waals surface area (Å²) in [7, 11) is 0. The highest BCUT2D eigenvalue weighted by atomic mass is 35.5. The zero-order valence-electron chi connectivity index (χ0n) is 17.1. The van der Waals surface area contributed by atoms with Gasteiger partial charge in [-0.05, 0) is 60.5 Å². The Morgan fingerprint density at radius 3 is 2.58 bits per heavy atom. The van der Waals surface area contributed by atoms with Crippen molar-refractivity contribution >= 4 is 23.3 Å². The molecule has 5 heteroatoms. The number of hydrogen-bond donors (Lipinski definition) is 1. The van der Waals surface area contributed by atoms with E-state index in [-0.39, 0.29) is 12.1 Å². The van der Waals surface area contributed by atoms with Crippen LogP contribution in [0.1, 0.15) is 28.4 Å². The van der Waals surface area contributed by atoms with Gasteiger partial charge in [-0.15, -0.1) is 0 Å². The fourth-order valence-electron chi connectivity index (χ4n) is 4.20. The van der Waals surface area contributed by atoms with Crippen LogP contribution in [0.4, 0.5) is 10.5 Å². The quantitative estimate of drug-likeness (QED) is 0.385. The van der Waals surface area contributed by atoms with E-state index in [4.69, 9.17) is 11.6 Å². The average molecular weight is 428 g/mol. The van der Waals surface area contributed by atoms with Crippen molar-refractivity contribution in [1.29, 1.82) is 0 Å². The summed E-state index contributed by atoms with van der Waals surface area (Å²) < 4.78 is 2.17. The molecule has 31 heavy (non-hydrogen) atoms. The number of urea groups is 1. The predicted molar refractivity (Wildman–Crippen MR) is 125 cm³/mol. The summed E-state index contributed by atoms with van der Waals surface area (Å²) in [6.45, 7) is 2.51. The van der Waals surface area contributed by atoms with Crippen LogP contribution in [0.3, 0.4) is 0 Å². The zero-order chi connectivity index (χ0) is 21.4. The SMILES string of the molecule is Cc1ccc(NC(=O)N2Cc3ccccc3-n3cccc3[C@H]2c2cccc(Cl)c2)cc1. The maximum absolute atomic E-state index is 13.6. The first-order chi connectivity index (χ1) is 15.1. The number of aromatic nitrogens is 1. The first-order valence-corrected chi connectivity index (χ1v) is 10.6. The standard InChI is InChI=1S/C26H22ClN3O/c1-18-11-13-22(14-12-18)28-26(31)30-17-20-6-2-3-9-23(20)29-15-5-10-24(29)25(30)19-7-4-8-21(27)16-19/h2-16,25H,17H2,1H3,(H,28,31)/t25-/m1/s1. The van der Waals surface area contributed by atoms with Gasteiger partial charge in [0.2, 0.25) is 0 Å². The average Bonchev–Trinajstić information content (AvgIpc) is 3.19. The third kappa shape index (κ3) is 3.71. The summed E-state index contributed by atoms with van der Waals surface area (Å²) in [5.41, 5.74) is 6.08. The minimum Gasteiger partial charge on any atom is -0.318 e. The second-order valence-electron chi connectivity index (χ2n) is 7.81. The van der Waals surface area contributed by atoms with Gasteiger partial charge in [0, 0.05) is 22.6 Å². The second-order valence-corrected chi connectivity index (χ2v) is 8.25. The fourth-order valence-corrected chi connectivity index (χ4v) is 4.40. The molecule has 0 saturated heterocycles. The first kappa shape index (κ1) is 19.5. The van der Waals surface area contributed by atoms with Gasteiger partial charge in [-0.3, -0.25) is 0 Å². The number of halogens is 1. The Morgan fingerprint density at radius 2 is 1.77 bits per heavy atom. The van der Waals surface area contributed by atoms with Crippen LogP contribution in [0.2, 0.25) is 5.02 Å². The number of nitrogens with one attached hydrogen (secondary N) is 1. The lowest BCUT2D eigenvalue weighted by molar-refractivity contribution is 0.194. The highest BCUT2D eigenvalue weighted by Gasteiger charge is 2.33. The Balaban J connectivity index is 1.63. The molecule has 1 aliphatic heterocycles. The first-order valence-electron chi connectivity index (χ1n) is 10.3. The van der Waals surface area contributed by atoms with Crippen molar-refractivity contribution in [2.45, 2.75) is 19.5 Å². The van der Waals surface area contributed by atoms with Crippen molar-refractivity contribution < 1.29 is 4.79 Å². The monoisotopic (exact) mass is 427 g/mol. The van der Waals surface area contributed by atoms with E-state index in [1.165, 1.54) is 0 Å². The summed E-state index contributed by atoms with van der Waals surface area (Å²) in [6, 6.07) is 27.4. The molecule has 2 amide bonds. The molecule has 154 valence electrons. The third-order valence-corrected chi connectivity index (χ3v) is 5.93. The number of hydrogen-bond acceptors (Lipinski definition) is 1. The van der Waals surface area contributed by atoms with Crippen molar-refractivity contribution in [2.24, 2.45) is 0 Å². The molecule has 1 atom stereocenters. The van der Waals surface area contributed by atoms with Crippen LogP contribution in [0.25, 0.3) is 5.69 Å². The molecule has 0 saturated carbocycles. The summed E-state index contributed by atoms with van der Waals surface area (Å²) >= 11 is 6.34. The van der Waals surface area contributed by atoms with Gasteiger partial charge in [-0.25, -0.2) is 4.79 Å². The van der Waals surface area contributed by atoms with E-state index in [0.717, 1.165) is 33.8 Å². The molecule has 0 unspecified atom stereocenters. The maximum atomic E-state index is 13.6. The molecule has 2 heterocycles. The molecular formula is C26H22ClN3O. The van der Waals surface area contributed by atoms with E-state index >= 15 is 0 Å². The molecule has 0 fully saturated rings. The van der Waals surface area contributed by atoms with E-state index in [2.05, 4.69) is 28.1 Å². The van der Waals surface area contributed by atoms with Crippen molar-refractivity contribution in [3.63, 3.8) is 0 Å². The molecule has 4 nitrogen and oxygen atoms in total. The Bertz CT molecular complexity index is 1250. The summed E-state index contributed by atoms with van der Waals surface area (Å²) in [5, 5.41) is 3.73. The zero-order valence-corrected chi connectivity index (χ0v) is 17.9.